The van der Waals surface area contributed by atoms with Crippen molar-refractivity contribution in [3.63, 3.8) is 0 Å². The monoisotopic (exact) mass is 351 g/mol. The second kappa shape index (κ2) is 6.58. The molecule has 0 aliphatic carbocycles. The van der Waals surface area contributed by atoms with Gasteiger partial charge in [-0.15, -0.1) is 0 Å². The summed E-state index contributed by atoms with van der Waals surface area (Å²) in [6, 6.07) is 4.90. The average molecular weight is 351 g/mol. The van der Waals surface area contributed by atoms with Gasteiger partial charge in [-0.3, -0.25) is 4.79 Å². The number of carbonyl (C=O) groups excluding carboxylic acids is 1. The van der Waals surface area contributed by atoms with Crippen LogP contribution in [-0.4, -0.2) is 33.8 Å². The van der Waals surface area contributed by atoms with Crippen LogP contribution >= 0.6 is 0 Å². The number of halogens is 3. The number of alkyl halides is 3. The summed E-state index contributed by atoms with van der Waals surface area (Å²) in [5, 5.41) is 6.87. The maximum atomic E-state index is 12.7. The van der Waals surface area contributed by atoms with Crippen LogP contribution in [0.4, 0.5) is 24.8 Å². The molecule has 0 saturated carbocycles. The van der Waals surface area contributed by atoms with E-state index in [4.69, 9.17) is 0 Å². The molecule has 1 amide bonds. The zero-order valence-corrected chi connectivity index (χ0v) is 13.2. The fourth-order valence-corrected chi connectivity index (χ4v) is 2.74. The van der Waals surface area contributed by atoms with Gasteiger partial charge in [-0.1, -0.05) is 6.58 Å². The number of fused-ring (bicyclic) bond motifs is 1. The number of hydrogen-bond acceptors (Lipinski definition) is 4. The van der Waals surface area contributed by atoms with Crippen LogP contribution < -0.4 is 10.2 Å². The quantitative estimate of drug-likeness (QED) is 0.859. The van der Waals surface area contributed by atoms with E-state index in [2.05, 4.69) is 22.0 Å². The molecule has 6 nitrogen and oxygen atoms in total. The third-order valence-electron chi connectivity index (χ3n) is 3.97. The summed E-state index contributed by atoms with van der Waals surface area (Å²) in [7, 11) is 0. The van der Waals surface area contributed by atoms with E-state index in [1.165, 1.54) is 24.5 Å². The van der Waals surface area contributed by atoms with Gasteiger partial charge in [0.15, 0.2) is 0 Å². The van der Waals surface area contributed by atoms with Gasteiger partial charge in [0, 0.05) is 24.7 Å². The van der Waals surface area contributed by atoms with Crippen LogP contribution in [-0.2, 0) is 17.5 Å². The number of nitrogens with zero attached hydrogens (tertiary/aromatic N) is 4. The van der Waals surface area contributed by atoms with Crippen LogP contribution in [0.1, 0.15) is 5.56 Å². The van der Waals surface area contributed by atoms with Gasteiger partial charge in [-0.25, -0.2) is 4.68 Å². The zero-order valence-electron chi connectivity index (χ0n) is 13.2. The molecule has 0 bridgehead atoms. The van der Waals surface area contributed by atoms with Crippen molar-refractivity contribution in [2.75, 3.05) is 18.0 Å². The fourth-order valence-electron chi connectivity index (χ4n) is 2.74. The Hall–Kier alpha value is -2.84. The molecule has 132 valence electrons. The van der Waals surface area contributed by atoms with Crippen molar-refractivity contribution in [3.05, 3.63) is 48.8 Å². The normalized spacial score (nSPS) is 17.1. The second-order valence-electron chi connectivity index (χ2n) is 5.71. The highest BCUT2D eigenvalue weighted by atomic mass is 19.4. The van der Waals surface area contributed by atoms with Crippen molar-refractivity contribution in [3.8, 4) is 0 Å². The molecule has 9 heteroatoms. The number of anilines is 2. The molecule has 1 aromatic carbocycles. The van der Waals surface area contributed by atoms with Crippen molar-refractivity contribution < 1.29 is 18.0 Å². The lowest BCUT2D eigenvalue weighted by Gasteiger charge is -2.33. The molecule has 0 saturated heterocycles. The molecule has 1 N–H and O–H groups in total. The molecule has 1 aliphatic rings. The maximum Gasteiger partial charge on any atom is 0.416 e. The highest BCUT2D eigenvalue weighted by molar-refractivity contribution is 5.86. The van der Waals surface area contributed by atoms with Gasteiger partial charge in [-0.2, -0.15) is 23.3 Å². The van der Waals surface area contributed by atoms with Crippen molar-refractivity contribution in [2.24, 2.45) is 5.92 Å². The lowest BCUT2D eigenvalue weighted by atomic mass is 10.1. The van der Waals surface area contributed by atoms with E-state index in [0.717, 1.165) is 12.1 Å². The van der Waals surface area contributed by atoms with Crippen LogP contribution in [0, 0.1) is 5.92 Å². The molecule has 2 heterocycles. The highest BCUT2D eigenvalue weighted by Gasteiger charge is 2.31. The van der Waals surface area contributed by atoms with Gasteiger partial charge in [-0.05, 0) is 30.3 Å². The predicted octanol–water partition coefficient (Wildman–Crippen LogP) is 2.37. The van der Waals surface area contributed by atoms with E-state index in [1.54, 1.807) is 9.58 Å². The standard InChI is InChI=1S/C16H16F3N5O/c1-2-14(25)20-7-11-8-23(15-21-10-22-24(15)9-11)13-5-3-12(4-6-13)16(17,18)19/h2-6,10-11H,1,7-9H2,(H,20,25). The minimum Gasteiger partial charge on any atom is -0.352 e. The van der Waals surface area contributed by atoms with E-state index in [9.17, 15) is 18.0 Å². The predicted molar refractivity (Wildman–Crippen MR) is 85.2 cm³/mol. The summed E-state index contributed by atoms with van der Waals surface area (Å²) >= 11 is 0. The lowest BCUT2D eigenvalue weighted by Crippen LogP contribution is -2.41. The average Bonchev–Trinajstić information content (AvgIpc) is 3.06. The maximum absolute atomic E-state index is 12.7. The molecular weight excluding hydrogens is 335 g/mol. The third-order valence-corrected chi connectivity index (χ3v) is 3.97. The number of hydrogen-bond donors (Lipinski definition) is 1. The molecule has 25 heavy (non-hydrogen) atoms. The van der Waals surface area contributed by atoms with E-state index < -0.39 is 11.7 Å². The van der Waals surface area contributed by atoms with E-state index in [1.807, 2.05) is 0 Å². The van der Waals surface area contributed by atoms with E-state index in [0.29, 0.717) is 31.3 Å². The Balaban J connectivity index is 1.82. The summed E-state index contributed by atoms with van der Waals surface area (Å²) in [6.45, 7) is 4.87. The van der Waals surface area contributed by atoms with Crippen LogP contribution in [0.25, 0.3) is 0 Å². The number of rotatable bonds is 4. The molecule has 1 unspecified atom stereocenters. The third kappa shape index (κ3) is 3.65. The molecule has 2 aromatic rings. The Morgan fingerprint density at radius 3 is 2.68 bits per heavy atom. The van der Waals surface area contributed by atoms with Gasteiger partial charge in [0.25, 0.3) is 0 Å². The molecule has 0 fully saturated rings. The Labute approximate surface area is 142 Å². The minimum absolute atomic E-state index is 0.0281. The van der Waals surface area contributed by atoms with Crippen LogP contribution in [0.5, 0.6) is 0 Å². The summed E-state index contributed by atoms with van der Waals surface area (Å²) < 4.78 is 39.9. The van der Waals surface area contributed by atoms with E-state index >= 15 is 0 Å². The second-order valence-corrected chi connectivity index (χ2v) is 5.71. The fraction of sp³-hybridized carbons (Fsp3) is 0.312. The van der Waals surface area contributed by atoms with Gasteiger partial charge >= 0.3 is 6.18 Å². The Morgan fingerprint density at radius 2 is 2.04 bits per heavy atom. The van der Waals surface area contributed by atoms with Crippen molar-refractivity contribution in [2.45, 2.75) is 12.7 Å². The molecule has 3 rings (SSSR count). The first-order chi connectivity index (χ1) is 11.9. The molecule has 0 spiro atoms. The Kier molecular flexibility index (Phi) is 4.47. The molecular formula is C16H16F3N5O. The van der Waals surface area contributed by atoms with Gasteiger partial charge in [0.1, 0.15) is 6.33 Å². The van der Waals surface area contributed by atoms with Crippen LogP contribution in [0.2, 0.25) is 0 Å². The van der Waals surface area contributed by atoms with Gasteiger partial charge in [0.05, 0.1) is 12.1 Å². The largest absolute Gasteiger partial charge is 0.416 e. The SMILES string of the molecule is C=CC(=O)NCC1CN(c2ccc(C(F)(F)F)cc2)c2ncnn2C1. The summed E-state index contributed by atoms with van der Waals surface area (Å²) in [6.07, 6.45) is -1.79. The summed E-state index contributed by atoms with van der Waals surface area (Å²) in [4.78, 5) is 17.3. The lowest BCUT2D eigenvalue weighted by molar-refractivity contribution is -0.137. The van der Waals surface area contributed by atoms with Crippen molar-refractivity contribution >= 4 is 17.5 Å². The highest BCUT2D eigenvalue weighted by Crippen LogP contribution is 2.33. The smallest absolute Gasteiger partial charge is 0.352 e. The van der Waals surface area contributed by atoms with Gasteiger partial charge < -0.3 is 10.2 Å². The summed E-state index contributed by atoms with van der Waals surface area (Å²) in [5.74, 6) is 0.317. The number of nitrogens with one attached hydrogen (secondary N) is 1. The Bertz CT molecular complexity index is 769. The first-order valence-corrected chi connectivity index (χ1v) is 7.61. The molecule has 1 aliphatic heterocycles. The Morgan fingerprint density at radius 1 is 1.32 bits per heavy atom. The van der Waals surface area contributed by atoms with Crippen LogP contribution in [0.15, 0.2) is 43.2 Å². The minimum atomic E-state index is -4.38. The number of carbonyl (C=O) groups is 1. The number of benzene rings is 1. The van der Waals surface area contributed by atoms with E-state index in [-0.39, 0.29) is 11.8 Å². The first kappa shape index (κ1) is 17.0. The zero-order chi connectivity index (χ0) is 18.0. The topological polar surface area (TPSA) is 63.1 Å². The van der Waals surface area contributed by atoms with Crippen molar-refractivity contribution in [1.82, 2.24) is 20.1 Å². The molecule has 1 aromatic heterocycles. The molecule has 1 atom stereocenters. The first-order valence-electron chi connectivity index (χ1n) is 7.61. The molecule has 0 radical (unpaired) electrons. The van der Waals surface area contributed by atoms with Gasteiger partial charge in [0.2, 0.25) is 11.9 Å². The number of amides is 1. The number of aromatic nitrogens is 3. The van der Waals surface area contributed by atoms with Crippen LogP contribution in [0.3, 0.4) is 0 Å². The van der Waals surface area contributed by atoms with Crippen molar-refractivity contribution in [1.29, 1.82) is 0 Å². The summed E-state index contributed by atoms with van der Waals surface area (Å²) in [5.41, 5.74) is -0.119.